The van der Waals surface area contributed by atoms with Crippen LogP contribution in [-0.2, 0) is 14.3 Å². The number of ether oxygens (including phenoxy) is 2. The number of nitrogens with one attached hydrogen (secondary N) is 1. The van der Waals surface area contributed by atoms with E-state index in [-0.39, 0.29) is 5.97 Å². The fourth-order valence-electron chi connectivity index (χ4n) is 2.72. The predicted molar refractivity (Wildman–Crippen MR) is 86.7 cm³/mol. The molecule has 1 aliphatic carbocycles. The summed E-state index contributed by atoms with van der Waals surface area (Å²) >= 11 is 1.95. The van der Waals surface area contributed by atoms with Gasteiger partial charge in [0.05, 0.1) is 12.7 Å². The molecule has 0 amide bonds. The highest BCUT2D eigenvalue weighted by molar-refractivity contribution is 7.99. The Balaban J connectivity index is 1.66. The number of rotatable bonds is 10. The molecular weight excluding hydrogens is 286 g/mol. The largest absolute Gasteiger partial charge is 0.465 e. The molecule has 2 fully saturated rings. The second-order valence-corrected chi connectivity index (χ2v) is 7.43. The zero-order valence-corrected chi connectivity index (χ0v) is 14.2. The number of esters is 1. The Labute approximate surface area is 132 Å². The van der Waals surface area contributed by atoms with Crippen molar-refractivity contribution in [1.29, 1.82) is 0 Å². The maximum Gasteiger partial charge on any atom is 0.326 e. The molecule has 1 aliphatic heterocycles. The first kappa shape index (κ1) is 17.1. The first-order valence-electron chi connectivity index (χ1n) is 8.28. The molecule has 1 heterocycles. The van der Waals surface area contributed by atoms with Gasteiger partial charge in [-0.2, -0.15) is 11.8 Å². The summed E-state index contributed by atoms with van der Waals surface area (Å²) in [5, 5.41) is 3.48. The van der Waals surface area contributed by atoms with Crippen molar-refractivity contribution in [2.75, 3.05) is 24.7 Å². The van der Waals surface area contributed by atoms with Gasteiger partial charge in [0.25, 0.3) is 0 Å². The minimum atomic E-state index is -0.512. The number of carbonyl (C=O) groups is 1. The maximum atomic E-state index is 12.2. The van der Waals surface area contributed by atoms with E-state index < -0.39 is 5.54 Å². The van der Waals surface area contributed by atoms with Crippen LogP contribution in [-0.4, -0.2) is 48.4 Å². The fraction of sp³-hybridized carbons (Fsp3) is 0.938. The summed E-state index contributed by atoms with van der Waals surface area (Å²) in [5.74, 6) is 2.08. The van der Waals surface area contributed by atoms with Gasteiger partial charge in [0.15, 0.2) is 0 Å². The van der Waals surface area contributed by atoms with Crippen molar-refractivity contribution in [3.05, 3.63) is 0 Å². The van der Waals surface area contributed by atoms with Crippen molar-refractivity contribution >= 4 is 17.7 Å². The lowest BCUT2D eigenvalue weighted by atomic mass is 9.96. The van der Waals surface area contributed by atoms with Crippen LogP contribution in [0.1, 0.15) is 52.4 Å². The van der Waals surface area contributed by atoms with Crippen molar-refractivity contribution in [2.45, 2.75) is 70.1 Å². The molecule has 2 aliphatic rings. The number of hydrogen-bond donors (Lipinski definition) is 1. The third kappa shape index (κ3) is 5.80. The molecule has 21 heavy (non-hydrogen) atoms. The van der Waals surface area contributed by atoms with E-state index in [4.69, 9.17) is 9.47 Å². The zero-order valence-electron chi connectivity index (χ0n) is 13.4. The van der Waals surface area contributed by atoms with Gasteiger partial charge in [-0.1, -0.05) is 0 Å². The molecule has 5 heteroatoms. The number of hydrogen-bond acceptors (Lipinski definition) is 5. The van der Waals surface area contributed by atoms with Crippen LogP contribution in [0.3, 0.4) is 0 Å². The lowest BCUT2D eigenvalue weighted by molar-refractivity contribution is -0.151. The fourth-order valence-corrected chi connectivity index (χ4v) is 3.76. The standard InChI is InChI=1S/C16H29NO3S/c1-3-19-15(18)16(2,17-13-7-8-13)9-5-11-21-12-14-6-4-10-20-14/h13-14,17H,3-12H2,1-2H3. The van der Waals surface area contributed by atoms with Crippen molar-refractivity contribution in [1.82, 2.24) is 5.32 Å². The topological polar surface area (TPSA) is 47.6 Å². The van der Waals surface area contributed by atoms with Crippen LogP contribution in [0.2, 0.25) is 0 Å². The summed E-state index contributed by atoms with van der Waals surface area (Å²) in [6.45, 7) is 5.24. The average Bonchev–Trinajstić information content (AvgIpc) is 3.11. The summed E-state index contributed by atoms with van der Waals surface area (Å²) in [6, 6.07) is 0.513. The van der Waals surface area contributed by atoms with E-state index in [0.29, 0.717) is 18.8 Å². The molecule has 2 unspecified atom stereocenters. The molecule has 4 nitrogen and oxygen atoms in total. The molecule has 1 N–H and O–H groups in total. The summed E-state index contributed by atoms with van der Waals surface area (Å²) in [7, 11) is 0. The van der Waals surface area contributed by atoms with Crippen LogP contribution in [0.25, 0.3) is 0 Å². The third-order valence-corrected chi connectivity index (χ3v) is 5.30. The second kappa shape index (κ2) is 8.39. The highest BCUT2D eigenvalue weighted by Crippen LogP contribution is 2.26. The molecule has 0 aromatic rings. The van der Waals surface area contributed by atoms with Crippen molar-refractivity contribution in [3.8, 4) is 0 Å². The minimum absolute atomic E-state index is 0.0963. The molecule has 0 radical (unpaired) electrons. The van der Waals surface area contributed by atoms with Crippen LogP contribution in [0.15, 0.2) is 0 Å². The van der Waals surface area contributed by atoms with E-state index in [0.717, 1.165) is 31.0 Å². The summed E-state index contributed by atoms with van der Waals surface area (Å²) in [4.78, 5) is 12.2. The summed E-state index contributed by atoms with van der Waals surface area (Å²) in [6.07, 6.45) is 7.11. The van der Waals surface area contributed by atoms with E-state index >= 15 is 0 Å². The average molecular weight is 315 g/mol. The number of thioether (sulfide) groups is 1. The Morgan fingerprint density at radius 3 is 2.86 bits per heavy atom. The Hall–Kier alpha value is -0.260. The summed E-state index contributed by atoms with van der Waals surface area (Å²) in [5.41, 5.74) is -0.512. The third-order valence-electron chi connectivity index (χ3n) is 4.12. The Morgan fingerprint density at radius 1 is 1.43 bits per heavy atom. The molecule has 0 aromatic heterocycles. The van der Waals surface area contributed by atoms with Crippen LogP contribution in [0.5, 0.6) is 0 Å². The minimum Gasteiger partial charge on any atom is -0.465 e. The molecule has 2 atom stereocenters. The Kier molecular flexibility index (Phi) is 6.83. The van der Waals surface area contributed by atoms with E-state index in [2.05, 4.69) is 5.32 Å². The van der Waals surface area contributed by atoms with Crippen molar-refractivity contribution in [2.24, 2.45) is 0 Å². The monoisotopic (exact) mass is 315 g/mol. The highest BCUT2D eigenvalue weighted by Gasteiger charge is 2.39. The van der Waals surface area contributed by atoms with Crippen molar-refractivity contribution in [3.63, 3.8) is 0 Å². The van der Waals surface area contributed by atoms with Gasteiger partial charge >= 0.3 is 5.97 Å². The van der Waals surface area contributed by atoms with Crippen LogP contribution >= 0.6 is 11.8 Å². The van der Waals surface area contributed by atoms with Gasteiger partial charge in [0.1, 0.15) is 5.54 Å². The predicted octanol–water partition coefficient (Wildman–Crippen LogP) is 2.75. The molecule has 0 aromatic carbocycles. The smallest absolute Gasteiger partial charge is 0.326 e. The molecule has 0 bridgehead atoms. The first-order chi connectivity index (χ1) is 10.1. The lowest BCUT2D eigenvalue weighted by Gasteiger charge is -2.28. The first-order valence-corrected chi connectivity index (χ1v) is 9.44. The van der Waals surface area contributed by atoms with E-state index in [9.17, 15) is 4.79 Å². The number of carbonyl (C=O) groups excluding carboxylic acids is 1. The van der Waals surface area contributed by atoms with E-state index in [1.165, 1.54) is 25.7 Å². The Morgan fingerprint density at radius 2 is 2.24 bits per heavy atom. The van der Waals surface area contributed by atoms with Crippen LogP contribution in [0, 0.1) is 0 Å². The van der Waals surface area contributed by atoms with E-state index in [1.54, 1.807) is 0 Å². The van der Waals surface area contributed by atoms with Gasteiger partial charge in [-0.25, -0.2) is 0 Å². The van der Waals surface area contributed by atoms with Gasteiger partial charge in [-0.3, -0.25) is 10.1 Å². The molecule has 0 spiro atoms. The van der Waals surface area contributed by atoms with Crippen LogP contribution in [0.4, 0.5) is 0 Å². The molecule has 2 rings (SSSR count). The van der Waals surface area contributed by atoms with Gasteiger partial charge < -0.3 is 9.47 Å². The maximum absolute atomic E-state index is 12.2. The normalized spacial score (nSPS) is 24.8. The van der Waals surface area contributed by atoms with E-state index in [1.807, 2.05) is 25.6 Å². The van der Waals surface area contributed by atoms with Crippen LogP contribution < -0.4 is 5.32 Å². The second-order valence-electron chi connectivity index (χ2n) is 6.28. The highest BCUT2D eigenvalue weighted by atomic mass is 32.2. The quantitative estimate of drug-likeness (QED) is 0.496. The molecule has 122 valence electrons. The molecule has 1 saturated heterocycles. The molecular formula is C16H29NO3S. The lowest BCUT2D eigenvalue weighted by Crippen LogP contribution is -2.51. The van der Waals surface area contributed by atoms with Gasteiger partial charge in [-0.05, 0) is 58.1 Å². The zero-order chi connectivity index (χ0) is 15.1. The van der Waals surface area contributed by atoms with Gasteiger partial charge in [0, 0.05) is 18.4 Å². The molecule has 1 saturated carbocycles. The van der Waals surface area contributed by atoms with Gasteiger partial charge in [-0.15, -0.1) is 0 Å². The summed E-state index contributed by atoms with van der Waals surface area (Å²) < 4.78 is 10.9. The SMILES string of the molecule is CCOC(=O)C(C)(CCCSCC1CCCO1)NC1CC1. The Bertz CT molecular complexity index is 329. The van der Waals surface area contributed by atoms with Crippen molar-refractivity contribution < 1.29 is 14.3 Å². The van der Waals surface area contributed by atoms with Gasteiger partial charge in [0.2, 0.25) is 0 Å².